The summed E-state index contributed by atoms with van der Waals surface area (Å²) in [5.41, 5.74) is 0.755. The zero-order valence-electron chi connectivity index (χ0n) is 17.6. The Morgan fingerprint density at radius 3 is 2.62 bits per heavy atom. The number of rotatable bonds is 7. The molecule has 0 saturated heterocycles. The fourth-order valence-corrected chi connectivity index (χ4v) is 4.17. The topological polar surface area (TPSA) is 43.6 Å². The molecule has 1 aromatic carbocycles. The van der Waals surface area contributed by atoms with Gasteiger partial charge in [0.05, 0.1) is 6.61 Å². The molecule has 0 aliphatic rings. The maximum atomic E-state index is 13.9. The number of carbonyl (C=O) groups is 1. The maximum absolute atomic E-state index is 13.9. The number of halogens is 2. The van der Waals surface area contributed by atoms with E-state index in [1.54, 1.807) is 0 Å². The number of ether oxygens (including phenoxy) is 1. The number of carbonyl (C=O) groups excluding carboxylic acids is 1. The molecule has 0 saturated carbocycles. The Balaban J connectivity index is 2.51. The van der Waals surface area contributed by atoms with Gasteiger partial charge in [0.25, 0.3) is 11.8 Å². The third kappa shape index (κ3) is 5.48. The summed E-state index contributed by atoms with van der Waals surface area (Å²) in [6.45, 7) is 15.1. The first kappa shape index (κ1) is 23.2. The molecule has 2 rings (SSSR count). The third-order valence-electron chi connectivity index (χ3n) is 4.45. The standard InChI is InChI=1S/C22H28F2N2O2S/c1-7-22(23,24)17-11-9-10-16(14-17)19(27)25-20-26(12-13-28-8-2)15(3)18(29-20)21(4,5)6/h7,9-11,14H,1,8,12-13H2,2-6H3. The highest BCUT2D eigenvalue weighted by Crippen LogP contribution is 2.30. The molecule has 2 aromatic rings. The van der Waals surface area contributed by atoms with E-state index in [4.69, 9.17) is 4.74 Å². The van der Waals surface area contributed by atoms with Crippen LogP contribution in [0.15, 0.2) is 41.9 Å². The van der Waals surface area contributed by atoms with E-state index in [1.807, 2.05) is 18.4 Å². The Hall–Kier alpha value is -2.12. The van der Waals surface area contributed by atoms with Crippen LogP contribution in [0.25, 0.3) is 0 Å². The van der Waals surface area contributed by atoms with Crippen molar-refractivity contribution in [1.82, 2.24) is 4.57 Å². The van der Waals surface area contributed by atoms with Crippen LogP contribution in [0.1, 0.15) is 54.2 Å². The molecular formula is C22H28F2N2O2S. The maximum Gasteiger partial charge on any atom is 0.291 e. The van der Waals surface area contributed by atoms with Gasteiger partial charge in [-0.1, -0.05) is 39.5 Å². The van der Waals surface area contributed by atoms with Crippen molar-refractivity contribution in [2.24, 2.45) is 4.99 Å². The van der Waals surface area contributed by atoms with Crippen molar-refractivity contribution in [2.75, 3.05) is 13.2 Å². The van der Waals surface area contributed by atoms with Crippen LogP contribution in [0.4, 0.5) is 8.78 Å². The lowest BCUT2D eigenvalue weighted by Crippen LogP contribution is -2.21. The van der Waals surface area contributed by atoms with Gasteiger partial charge < -0.3 is 9.30 Å². The van der Waals surface area contributed by atoms with E-state index in [9.17, 15) is 13.6 Å². The summed E-state index contributed by atoms with van der Waals surface area (Å²) in [7, 11) is 0. The first-order valence-corrected chi connectivity index (χ1v) is 10.3. The summed E-state index contributed by atoms with van der Waals surface area (Å²) in [6.07, 6.45) is 0.563. The second-order valence-corrected chi connectivity index (χ2v) is 8.70. The van der Waals surface area contributed by atoms with Gasteiger partial charge in [-0.2, -0.15) is 13.8 Å². The number of alkyl halides is 2. The highest BCUT2D eigenvalue weighted by Gasteiger charge is 2.28. The Morgan fingerprint density at radius 1 is 1.34 bits per heavy atom. The highest BCUT2D eigenvalue weighted by molar-refractivity contribution is 7.09. The van der Waals surface area contributed by atoms with Crippen molar-refractivity contribution in [1.29, 1.82) is 0 Å². The Labute approximate surface area is 174 Å². The van der Waals surface area contributed by atoms with Crippen LogP contribution in [-0.2, 0) is 22.6 Å². The lowest BCUT2D eigenvalue weighted by molar-refractivity contribution is 0.0525. The number of hydrogen-bond acceptors (Lipinski definition) is 3. The molecule has 29 heavy (non-hydrogen) atoms. The quantitative estimate of drug-likeness (QED) is 0.454. The minimum Gasteiger partial charge on any atom is -0.380 e. The zero-order chi connectivity index (χ0) is 21.8. The second kappa shape index (κ2) is 9.13. The fraction of sp³-hybridized carbons (Fsp3) is 0.455. The summed E-state index contributed by atoms with van der Waals surface area (Å²) >= 11 is 1.44. The monoisotopic (exact) mass is 422 g/mol. The third-order valence-corrected chi connectivity index (χ3v) is 6.06. The van der Waals surface area contributed by atoms with Crippen LogP contribution < -0.4 is 4.80 Å². The van der Waals surface area contributed by atoms with Crippen LogP contribution >= 0.6 is 11.3 Å². The van der Waals surface area contributed by atoms with E-state index in [0.29, 0.717) is 30.6 Å². The van der Waals surface area contributed by atoms with Gasteiger partial charge in [0.15, 0.2) is 4.80 Å². The van der Waals surface area contributed by atoms with Gasteiger partial charge >= 0.3 is 0 Å². The van der Waals surface area contributed by atoms with Gasteiger partial charge in [-0.15, -0.1) is 11.3 Å². The second-order valence-electron chi connectivity index (χ2n) is 7.72. The van der Waals surface area contributed by atoms with E-state index < -0.39 is 11.8 Å². The molecule has 0 fully saturated rings. The zero-order valence-corrected chi connectivity index (χ0v) is 18.4. The molecule has 158 valence electrons. The molecule has 0 radical (unpaired) electrons. The lowest BCUT2D eigenvalue weighted by Gasteiger charge is -2.17. The first-order chi connectivity index (χ1) is 13.5. The molecule has 0 spiro atoms. The number of benzene rings is 1. The number of nitrogens with zero attached hydrogens (tertiary/aromatic N) is 2. The van der Waals surface area contributed by atoms with E-state index in [2.05, 4.69) is 32.3 Å². The number of allylic oxidation sites excluding steroid dienone is 1. The molecule has 4 nitrogen and oxygen atoms in total. The number of amides is 1. The van der Waals surface area contributed by atoms with Crippen LogP contribution in [0.5, 0.6) is 0 Å². The summed E-state index contributed by atoms with van der Waals surface area (Å²) < 4.78 is 35.2. The summed E-state index contributed by atoms with van der Waals surface area (Å²) in [5.74, 6) is -3.76. The van der Waals surface area contributed by atoms with Gasteiger partial charge in [0.2, 0.25) is 0 Å². The summed E-state index contributed by atoms with van der Waals surface area (Å²) in [6, 6.07) is 5.36. The van der Waals surface area contributed by atoms with Crippen molar-refractivity contribution in [2.45, 2.75) is 52.5 Å². The van der Waals surface area contributed by atoms with Crippen LogP contribution in [0.2, 0.25) is 0 Å². The van der Waals surface area contributed by atoms with E-state index in [0.717, 1.165) is 10.6 Å². The van der Waals surface area contributed by atoms with Crippen LogP contribution in [-0.4, -0.2) is 23.7 Å². The number of thiazole rings is 1. The van der Waals surface area contributed by atoms with E-state index >= 15 is 0 Å². The molecule has 1 amide bonds. The van der Waals surface area contributed by atoms with Crippen LogP contribution in [0, 0.1) is 6.92 Å². The Morgan fingerprint density at radius 2 is 2.03 bits per heavy atom. The molecule has 7 heteroatoms. The smallest absolute Gasteiger partial charge is 0.291 e. The average Bonchev–Trinajstić information content (AvgIpc) is 2.98. The van der Waals surface area contributed by atoms with Gasteiger partial charge in [0, 0.05) is 34.8 Å². The number of aromatic nitrogens is 1. The van der Waals surface area contributed by atoms with Crippen molar-refractivity contribution < 1.29 is 18.3 Å². The van der Waals surface area contributed by atoms with E-state index in [-0.39, 0.29) is 16.5 Å². The molecule has 1 aromatic heterocycles. The molecule has 0 N–H and O–H groups in total. The van der Waals surface area contributed by atoms with Crippen molar-refractivity contribution in [3.05, 3.63) is 63.4 Å². The SMILES string of the molecule is C=CC(F)(F)c1cccc(C(=O)N=c2sc(C(C)(C)C)c(C)n2CCOCC)c1. The minimum absolute atomic E-state index is 0.106. The fourth-order valence-electron chi connectivity index (χ4n) is 2.96. The van der Waals surface area contributed by atoms with Gasteiger partial charge in [-0.25, -0.2) is 0 Å². The largest absolute Gasteiger partial charge is 0.380 e. The molecule has 0 aliphatic carbocycles. The van der Waals surface area contributed by atoms with E-state index in [1.165, 1.54) is 35.6 Å². The Bertz CT molecular complexity index is 952. The average molecular weight is 423 g/mol. The van der Waals surface area contributed by atoms with Crippen LogP contribution in [0.3, 0.4) is 0 Å². The summed E-state index contributed by atoms with van der Waals surface area (Å²) in [4.78, 5) is 18.7. The van der Waals surface area contributed by atoms with Gasteiger partial charge in [-0.3, -0.25) is 4.79 Å². The first-order valence-electron chi connectivity index (χ1n) is 9.50. The molecular weight excluding hydrogens is 394 g/mol. The molecule has 0 bridgehead atoms. The molecule has 1 heterocycles. The predicted octanol–water partition coefficient (Wildman–Crippen LogP) is 5.21. The predicted molar refractivity (Wildman–Crippen MR) is 113 cm³/mol. The number of hydrogen-bond donors (Lipinski definition) is 0. The molecule has 0 unspecified atom stereocenters. The normalized spacial score (nSPS) is 13.0. The van der Waals surface area contributed by atoms with Gasteiger partial charge in [0.1, 0.15) is 0 Å². The minimum atomic E-state index is -3.20. The lowest BCUT2D eigenvalue weighted by atomic mass is 9.93. The van der Waals surface area contributed by atoms with Crippen molar-refractivity contribution in [3.8, 4) is 0 Å². The van der Waals surface area contributed by atoms with Crippen molar-refractivity contribution in [3.63, 3.8) is 0 Å². The molecule has 0 aliphatic heterocycles. The highest BCUT2D eigenvalue weighted by atomic mass is 32.1. The Kier molecular flexibility index (Phi) is 7.30. The van der Waals surface area contributed by atoms with Gasteiger partial charge in [-0.05, 0) is 37.5 Å². The van der Waals surface area contributed by atoms with Crippen molar-refractivity contribution >= 4 is 17.2 Å². The molecule has 0 atom stereocenters. The summed E-state index contributed by atoms with van der Waals surface area (Å²) in [5, 5.41) is 0.